The normalized spacial score (nSPS) is 42.8. The zero-order valence-corrected chi connectivity index (χ0v) is 23.1. The first kappa shape index (κ1) is 24.9. The van der Waals surface area contributed by atoms with Crippen molar-refractivity contribution in [2.75, 3.05) is 0 Å². The molecule has 0 spiro atoms. The molecule has 8 unspecified atom stereocenters. The maximum atomic E-state index is 2.80. The fraction of sp³-hybridized carbons (Fsp3) is 0.938. The van der Waals surface area contributed by atoms with Crippen LogP contribution in [0.4, 0.5) is 0 Å². The Kier molecular flexibility index (Phi) is 7.05. The van der Waals surface area contributed by atoms with E-state index >= 15 is 0 Å². The van der Waals surface area contributed by atoms with Gasteiger partial charge in [-0.1, -0.05) is 92.7 Å². The molecule has 0 aliphatic heterocycles. The van der Waals surface area contributed by atoms with E-state index in [4.69, 9.17) is 0 Å². The van der Waals surface area contributed by atoms with E-state index in [1.54, 1.807) is 0 Å². The Morgan fingerprint density at radius 1 is 0.969 bits per heavy atom. The van der Waals surface area contributed by atoms with Gasteiger partial charge in [0.1, 0.15) is 0 Å². The van der Waals surface area contributed by atoms with Gasteiger partial charge in [-0.25, -0.2) is 0 Å². The highest BCUT2D eigenvalue weighted by Crippen LogP contribution is 2.68. The van der Waals surface area contributed by atoms with Gasteiger partial charge in [0.2, 0.25) is 0 Å². The second kappa shape index (κ2) is 9.07. The predicted octanol–water partition coefficient (Wildman–Crippen LogP) is 10.1. The molecule has 0 nitrogen and oxygen atoms in total. The third kappa shape index (κ3) is 4.17. The summed E-state index contributed by atoms with van der Waals surface area (Å²) in [6.45, 7) is 20.3. The minimum atomic E-state index is 0.508. The third-order valence-electron chi connectivity index (χ3n) is 12.3. The van der Waals surface area contributed by atoms with Gasteiger partial charge in [0.25, 0.3) is 0 Å². The summed E-state index contributed by atoms with van der Waals surface area (Å²) in [6.07, 6.45) is 20.3. The highest BCUT2D eigenvalue weighted by molar-refractivity contribution is 5.25. The quantitative estimate of drug-likeness (QED) is 0.345. The zero-order chi connectivity index (χ0) is 23.3. The summed E-state index contributed by atoms with van der Waals surface area (Å²) in [4.78, 5) is 0. The Balaban J connectivity index is 1.48. The van der Waals surface area contributed by atoms with Crippen LogP contribution in [0.25, 0.3) is 0 Å². The van der Waals surface area contributed by atoms with E-state index in [9.17, 15) is 0 Å². The van der Waals surface area contributed by atoms with Crippen LogP contribution in [-0.4, -0.2) is 0 Å². The average Bonchev–Trinajstić information content (AvgIpc) is 3.10. The molecule has 4 aliphatic carbocycles. The van der Waals surface area contributed by atoms with Crippen molar-refractivity contribution in [2.45, 2.75) is 132 Å². The van der Waals surface area contributed by atoms with Gasteiger partial charge in [0, 0.05) is 0 Å². The Hall–Kier alpha value is -0.260. The molecule has 0 aromatic rings. The van der Waals surface area contributed by atoms with Crippen molar-refractivity contribution in [1.29, 1.82) is 0 Å². The lowest BCUT2D eigenvalue weighted by molar-refractivity contribution is -0.0566. The molecule has 0 bridgehead atoms. The Morgan fingerprint density at radius 3 is 2.41 bits per heavy atom. The Bertz CT molecular complexity index is 682. The van der Waals surface area contributed by atoms with Crippen molar-refractivity contribution in [3.8, 4) is 0 Å². The Labute approximate surface area is 201 Å². The van der Waals surface area contributed by atoms with Crippen LogP contribution in [0.1, 0.15) is 132 Å². The van der Waals surface area contributed by atoms with Gasteiger partial charge in [0.15, 0.2) is 0 Å². The number of allylic oxidation sites excluding steroid dienone is 2. The summed E-state index contributed by atoms with van der Waals surface area (Å²) in [5.41, 5.74) is 3.54. The summed E-state index contributed by atoms with van der Waals surface area (Å²) in [5, 5.41) is 0. The molecule has 3 fully saturated rings. The highest BCUT2D eigenvalue weighted by Gasteiger charge is 2.59. The van der Waals surface area contributed by atoms with E-state index in [-0.39, 0.29) is 0 Å². The second-order valence-corrected chi connectivity index (χ2v) is 14.6. The van der Waals surface area contributed by atoms with Crippen LogP contribution in [0.3, 0.4) is 0 Å². The molecule has 0 radical (unpaired) electrons. The molecule has 0 heterocycles. The standard InChI is InChI=1S/C32H56/c1-9-30(5,6)24-17-19-31(7)25(21-24)13-14-26-28-16-15-27(23(4)12-10-11-22(2)3)32(28,8)20-18-29(26)31/h13,22-24,26-29H,9-12,14-21H2,1-8H3. The molecule has 0 amide bonds. The van der Waals surface area contributed by atoms with Crippen LogP contribution in [-0.2, 0) is 0 Å². The summed E-state index contributed by atoms with van der Waals surface area (Å²) in [7, 11) is 0. The van der Waals surface area contributed by atoms with Crippen molar-refractivity contribution < 1.29 is 0 Å². The van der Waals surface area contributed by atoms with Crippen LogP contribution in [0.15, 0.2) is 11.6 Å². The van der Waals surface area contributed by atoms with Crippen LogP contribution >= 0.6 is 0 Å². The van der Waals surface area contributed by atoms with Crippen LogP contribution in [0.5, 0.6) is 0 Å². The molecule has 8 atom stereocenters. The largest absolute Gasteiger partial charge is 0.0845 e. The van der Waals surface area contributed by atoms with Crippen molar-refractivity contribution >= 4 is 0 Å². The van der Waals surface area contributed by atoms with Gasteiger partial charge in [-0.05, 0) is 109 Å². The van der Waals surface area contributed by atoms with E-state index in [0.29, 0.717) is 16.2 Å². The summed E-state index contributed by atoms with van der Waals surface area (Å²) in [6, 6.07) is 0. The SMILES string of the molecule is CCC(C)(C)C1CCC2(C)C(=CCC3C2CCC2(C)C(C(C)CCCC(C)C)CCC32)C1. The summed E-state index contributed by atoms with van der Waals surface area (Å²) < 4.78 is 0. The van der Waals surface area contributed by atoms with Crippen molar-refractivity contribution in [3.05, 3.63) is 11.6 Å². The molecule has 0 heteroatoms. The number of rotatable bonds is 7. The van der Waals surface area contributed by atoms with Crippen LogP contribution in [0.2, 0.25) is 0 Å². The number of fused-ring (bicyclic) bond motifs is 5. The smallest absolute Gasteiger partial charge is 0.00851 e. The second-order valence-electron chi connectivity index (χ2n) is 14.6. The molecule has 0 saturated heterocycles. The third-order valence-corrected chi connectivity index (χ3v) is 12.3. The van der Waals surface area contributed by atoms with E-state index in [1.807, 2.05) is 5.57 Å². The van der Waals surface area contributed by atoms with Gasteiger partial charge in [-0.2, -0.15) is 0 Å². The maximum Gasteiger partial charge on any atom is -0.00851 e. The minimum absolute atomic E-state index is 0.508. The lowest BCUT2D eigenvalue weighted by Crippen LogP contribution is -2.51. The molecule has 4 aliphatic rings. The first-order valence-electron chi connectivity index (χ1n) is 14.7. The molecule has 0 aromatic heterocycles. The number of hydrogen-bond acceptors (Lipinski definition) is 0. The van der Waals surface area contributed by atoms with Crippen LogP contribution in [0, 0.1) is 57.7 Å². The first-order valence-corrected chi connectivity index (χ1v) is 14.7. The molecule has 32 heavy (non-hydrogen) atoms. The van der Waals surface area contributed by atoms with Gasteiger partial charge < -0.3 is 0 Å². The fourth-order valence-corrected chi connectivity index (χ4v) is 9.64. The molecule has 4 rings (SSSR count). The first-order chi connectivity index (χ1) is 15.0. The van der Waals surface area contributed by atoms with Crippen molar-refractivity contribution in [2.24, 2.45) is 57.7 Å². The minimum Gasteiger partial charge on any atom is -0.0845 e. The van der Waals surface area contributed by atoms with E-state index < -0.39 is 0 Å². The number of hydrogen-bond donors (Lipinski definition) is 0. The lowest BCUT2D eigenvalue weighted by Gasteiger charge is -2.59. The monoisotopic (exact) mass is 440 g/mol. The zero-order valence-electron chi connectivity index (χ0n) is 23.1. The predicted molar refractivity (Wildman–Crippen MR) is 141 cm³/mol. The maximum absolute atomic E-state index is 2.80. The molecule has 0 N–H and O–H groups in total. The summed E-state index contributed by atoms with van der Waals surface area (Å²) >= 11 is 0. The fourth-order valence-electron chi connectivity index (χ4n) is 9.64. The van der Waals surface area contributed by atoms with Gasteiger partial charge >= 0.3 is 0 Å². The van der Waals surface area contributed by atoms with E-state index in [1.165, 1.54) is 77.0 Å². The van der Waals surface area contributed by atoms with Gasteiger partial charge in [0.05, 0.1) is 0 Å². The van der Waals surface area contributed by atoms with E-state index in [2.05, 4.69) is 61.5 Å². The van der Waals surface area contributed by atoms with Gasteiger partial charge in [-0.15, -0.1) is 0 Å². The molecule has 184 valence electrons. The molecular weight excluding hydrogens is 384 g/mol. The Morgan fingerprint density at radius 2 is 1.72 bits per heavy atom. The molecule has 3 saturated carbocycles. The van der Waals surface area contributed by atoms with Crippen LogP contribution < -0.4 is 0 Å². The topological polar surface area (TPSA) is 0 Å². The van der Waals surface area contributed by atoms with Crippen molar-refractivity contribution in [1.82, 2.24) is 0 Å². The van der Waals surface area contributed by atoms with E-state index in [0.717, 1.165) is 41.4 Å². The van der Waals surface area contributed by atoms with Crippen molar-refractivity contribution in [3.63, 3.8) is 0 Å². The lowest BCUT2D eigenvalue weighted by atomic mass is 9.45. The summed E-state index contributed by atoms with van der Waals surface area (Å²) in [5.74, 6) is 6.63. The highest BCUT2D eigenvalue weighted by atomic mass is 14.6. The molecular formula is C32H56. The molecule has 0 aromatic carbocycles. The average molecular weight is 441 g/mol. The van der Waals surface area contributed by atoms with Gasteiger partial charge in [-0.3, -0.25) is 0 Å².